The first kappa shape index (κ1) is 13.9. The highest BCUT2D eigenvalue weighted by Gasteiger charge is 2.27. The lowest BCUT2D eigenvalue weighted by atomic mass is 10.3. The molecule has 14 heavy (non-hydrogen) atoms. The molecule has 0 amide bonds. The van der Waals surface area contributed by atoms with Crippen molar-refractivity contribution in [1.29, 1.82) is 0 Å². The van der Waals surface area contributed by atoms with Crippen molar-refractivity contribution in [3.63, 3.8) is 0 Å². The second kappa shape index (κ2) is 5.13. The smallest absolute Gasteiger partial charge is 0.274 e. The first-order chi connectivity index (χ1) is 6.14. The van der Waals surface area contributed by atoms with Gasteiger partial charge in [0.2, 0.25) is 0 Å². The molecular formula is C4H9F2O6PS. The van der Waals surface area contributed by atoms with Crippen LogP contribution in [0.1, 0.15) is 13.3 Å². The minimum atomic E-state index is -5.68. The Morgan fingerprint density at radius 1 is 1.50 bits per heavy atom. The lowest BCUT2D eigenvalue weighted by Gasteiger charge is -2.12. The topological polar surface area (TPSA) is 89.9 Å². The van der Waals surface area contributed by atoms with E-state index in [-0.39, 0.29) is 6.42 Å². The fourth-order valence-corrected chi connectivity index (χ4v) is 1.44. The van der Waals surface area contributed by atoms with Gasteiger partial charge in [0.05, 0.1) is 12.7 Å². The maximum atomic E-state index is 11.8. The Hall–Kier alpha value is -0.0800. The number of hydrogen-bond acceptors (Lipinski definition) is 5. The minimum Gasteiger partial charge on any atom is -0.274 e. The number of rotatable bonds is 6. The highest BCUT2D eigenvalue weighted by atomic mass is 32.3. The van der Waals surface area contributed by atoms with Crippen LogP contribution in [0.15, 0.2) is 0 Å². The second-order valence-electron chi connectivity index (χ2n) is 2.26. The van der Waals surface area contributed by atoms with Crippen LogP contribution < -0.4 is 0 Å². The Bertz CT molecular complexity index is 310. The fourth-order valence-electron chi connectivity index (χ4n) is 0.558. The van der Waals surface area contributed by atoms with Crippen LogP contribution in [0.2, 0.25) is 0 Å². The highest BCUT2D eigenvalue weighted by molar-refractivity contribution is 7.80. The van der Waals surface area contributed by atoms with E-state index in [9.17, 15) is 21.4 Å². The SMILES string of the molecule is CCC(COS(=O)(=O)O)OP(=O)(F)F. The largest absolute Gasteiger partial charge is 0.552 e. The third kappa shape index (κ3) is 8.52. The van der Waals surface area contributed by atoms with Gasteiger partial charge in [-0.1, -0.05) is 6.92 Å². The molecule has 6 nitrogen and oxygen atoms in total. The molecule has 1 unspecified atom stereocenters. The van der Waals surface area contributed by atoms with Gasteiger partial charge in [0.25, 0.3) is 0 Å². The van der Waals surface area contributed by atoms with Gasteiger partial charge < -0.3 is 0 Å². The lowest BCUT2D eigenvalue weighted by Crippen LogP contribution is -2.19. The van der Waals surface area contributed by atoms with E-state index < -0.39 is 31.1 Å². The molecule has 0 aliphatic heterocycles. The third-order valence-electron chi connectivity index (χ3n) is 1.13. The van der Waals surface area contributed by atoms with Gasteiger partial charge in [-0.3, -0.25) is 9.08 Å². The van der Waals surface area contributed by atoms with Crippen molar-refractivity contribution in [3.05, 3.63) is 0 Å². The van der Waals surface area contributed by atoms with Crippen LogP contribution in [-0.4, -0.2) is 25.7 Å². The minimum absolute atomic E-state index is 0.0344. The zero-order valence-electron chi connectivity index (χ0n) is 7.09. The molecule has 86 valence electrons. The molecule has 0 aliphatic rings. The lowest BCUT2D eigenvalue weighted by molar-refractivity contribution is 0.104. The normalized spacial score (nSPS) is 15.4. The summed E-state index contributed by atoms with van der Waals surface area (Å²) >= 11 is 0. The summed E-state index contributed by atoms with van der Waals surface area (Å²) in [6.45, 7) is 0.584. The highest BCUT2D eigenvalue weighted by Crippen LogP contribution is 2.51. The monoisotopic (exact) mass is 254 g/mol. The summed E-state index contributed by atoms with van der Waals surface area (Å²) in [4.78, 5) is 0. The molecule has 0 aromatic carbocycles. The summed E-state index contributed by atoms with van der Waals surface area (Å²) < 4.78 is 69.2. The molecule has 0 fully saturated rings. The van der Waals surface area contributed by atoms with Crippen LogP contribution in [0.3, 0.4) is 0 Å². The molecule has 0 saturated heterocycles. The Kier molecular flexibility index (Phi) is 5.10. The molecule has 0 radical (unpaired) electrons. The Labute approximate surface area is 79.9 Å². The molecule has 0 bridgehead atoms. The molecule has 0 aliphatic carbocycles. The molecule has 0 rings (SSSR count). The molecule has 0 heterocycles. The van der Waals surface area contributed by atoms with Gasteiger partial charge in [0, 0.05) is 0 Å². The standard InChI is InChI=1S/C4H9F2O6PS/c1-2-4(12-13(5,6)7)3-11-14(8,9)10/h4H,2-3H2,1H3,(H,8,9,10). The van der Waals surface area contributed by atoms with Crippen molar-refractivity contribution in [3.8, 4) is 0 Å². The van der Waals surface area contributed by atoms with Gasteiger partial charge >= 0.3 is 18.4 Å². The summed E-state index contributed by atoms with van der Waals surface area (Å²) in [5.74, 6) is 0. The van der Waals surface area contributed by atoms with Gasteiger partial charge in [-0.05, 0) is 6.42 Å². The average molecular weight is 254 g/mol. The molecule has 1 atom stereocenters. The molecule has 1 N–H and O–H groups in total. The van der Waals surface area contributed by atoms with Crippen LogP contribution in [0.5, 0.6) is 0 Å². The van der Waals surface area contributed by atoms with Crippen LogP contribution >= 0.6 is 7.99 Å². The Morgan fingerprint density at radius 3 is 2.29 bits per heavy atom. The average Bonchev–Trinajstić information content (AvgIpc) is 1.94. The van der Waals surface area contributed by atoms with Crippen LogP contribution in [-0.2, 0) is 23.7 Å². The van der Waals surface area contributed by atoms with Crippen molar-refractivity contribution in [2.24, 2.45) is 0 Å². The first-order valence-corrected chi connectivity index (χ1v) is 6.21. The summed E-state index contributed by atoms with van der Waals surface area (Å²) in [7, 11) is -10.4. The predicted molar refractivity (Wildman–Crippen MR) is 42.5 cm³/mol. The molecule has 10 heteroatoms. The molecule has 0 saturated carbocycles. The van der Waals surface area contributed by atoms with Crippen molar-refractivity contribution < 1.29 is 34.6 Å². The van der Waals surface area contributed by atoms with Gasteiger partial charge in [-0.25, -0.2) is 8.75 Å². The van der Waals surface area contributed by atoms with Gasteiger partial charge in [-0.15, -0.1) is 8.39 Å². The van der Waals surface area contributed by atoms with E-state index in [0.717, 1.165) is 0 Å². The van der Waals surface area contributed by atoms with E-state index in [2.05, 4.69) is 8.71 Å². The summed E-state index contributed by atoms with van der Waals surface area (Å²) in [6.07, 6.45) is -1.38. The third-order valence-corrected chi connectivity index (χ3v) is 2.11. The van der Waals surface area contributed by atoms with Crippen molar-refractivity contribution in [2.75, 3.05) is 6.61 Å². The molecule has 0 aromatic heterocycles. The quantitative estimate of drug-likeness (QED) is 0.572. The van der Waals surface area contributed by atoms with Gasteiger partial charge in [0.15, 0.2) is 0 Å². The van der Waals surface area contributed by atoms with E-state index in [1.165, 1.54) is 6.92 Å². The van der Waals surface area contributed by atoms with Gasteiger partial charge in [-0.2, -0.15) is 8.42 Å². The van der Waals surface area contributed by atoms with E-state index >= 15 is 0 Å². The van der Waals surface area contributed by atoms with E-state index in [1.54, 1.807) is 0 Å². The van der Waals surface area contributed by atoms with Gasteiger partial charge in [0.1, 0.15) is 0 Å². The van der Waals surface area contributed by atoms with E-state index in [1.807, 2.05) is 0 Å². The molecule has 0 spiro atoms. The first-order valence-electron chi connectivity index (χ1n) is 3.43. The Morgan fingerprint density at radius 2 is 2.00 bits per heavy atom. The van der Waals surface area contributed by atoms with Crippen molar-refractivity contribution >= 4 is 18.4 Å². The van der Waals surface area contributed by atoms with Crippen LogP contribution in [0.4, 0.5) is 8.39 Å². The second-order valence-corrected chi connectivity index (χ2v) is 4.39. The Balaban J connectivity index is 4.12. The molecule has 0 aromatic rings. The zero-order chi connectivity index (χ0) is 11.4. The maximum Gasteiger partial charge on any atom is 0.552 e. The van der Waals surface area contributed by atoms with E-state index in [0.29, 0.717) is 0 Å². The van der Waals surface area contributed by atoms with E-state index in [4.69, 9.17) is 4.55 Å². The summed E-state index contributed by atoms with van der Waals surface area (Å²) in [6, 6.07) is 0. The van der Waals surface area contributed by atoms with Crippen molar-refractivity contribution in [2.45, 2.75) is 19.4 Å². The summed E-state index contributed by atoms with van der Waals surface area (Å²) in [5, 5.41) is 0. The molecular weight excluding hydrogens is 245 g/mol. The summed E-state index contributed by atoms with van der Waals surface area (Å²) in [5.41, 5.74) is 0. The fraction of sp³-hybridized carbons (Fsp3) is 1.00. The number of halogens is 2. The zero-order valence-corrected chi connectivity index (χ0v) is 8.80. The van der Waals surface area contributed by atoms with Crippen LogP contribution in [0.25, 0.3) is 0 Å². The van der Waals surface area contributed by atoms with Crippen LogP contribution in [0, 0.1) is 0 Å². The number of hydrogen-bond donors (Lipinski definition) is 1. The van der Waals surface area contributed by atoms with Crippen molar-refractivity contribution in [1.82, 2.24) is 0 Å². The predicted octanol–water partition coefficient (Wildman–Crippen LogP) is 1.65. The maximum absolute atomic E-state index is 11.8.